The summed E-state index contributed by atoms with van der Waals surface area (Å²) >= 11 is 5.99. The van der Waals surface area contributed by atoms with Crippen LogP contribution in [0.3, 0.4) is 0 Å². The Morgan fingerprint density at radius 3 is 2.32 bits per heavy atom. The normalized spacial score (nSPS) is 11.0. The summed E-state index contributed by atoms with van der Waals surface area (Å²) in [5.41, 5.74) is 1.95. The monoisotopic (exact) mass is 536 g/mol. The minimum Gasteiger partial charge on any atom is -0.492 e. The van der Waals surface area contributed by atoms with E-state index in [1.807, 2.05) is 30.3 Å². The van der Waals surface area contributed by atoms with E-state index in [-0.39, 0.29) is 10.6 Å². The number of hydrogen-bond acceptors (Lipinski definition) is 5. The largest absolute Gasteiger partial charge is 0.492 e. The molecule has 4 aromatic rings. The molecule has 190 valence electrons. The maximum atomic E-state index is 13.1. The third kappa shape index (κ3) is 7.03. The molecule has 0 atom stereocenters. The van der Waals surface area contributed by atoms with Crippen LogP contribution in [-0.4, -0.2) is 20.9 Å². The topological polar surface area (TPSA) is 93.7 Å². The Bertz CT molecular complexity index is 1480. The van der Waals surface area contributed by atoms with Crippen molar-refractivity contribution in [3.8, 4) is 11.5 Å². The van der Waals surface area contributed by atoms with Gasteiger partial charge < -0.3 is 14.8 Å². The van der Waals surface area contributed by atoms with Crippen molar-refractivity contribution in [1.82, 2.24) is 0 Å². The van der Waals surface area contributed by atoms with E-state index in [1.54, 1.807) is 49.4 Å². The van der Waals surface area contributed by atoms with Crippen LogP contribution in [0.5, 0.6) is 11.5 Å². The highest BCUT2D eigenvalue weighted by molar-refractivity contribution is 7.92. The summed E-state index contributed by atoms with van der Waals surface area (Å²) < 4.78 is 40.1. The molecule has 0 heterocycles. The second-order valence-electron chi connectivity index (χ2n) is 7.96. The number of nitrogens with one attached hydrogen (secondary N) is 2. The molecule has 0 saturated heterocycles. The number of hydrogen-bond donors (Lipinski definition) is 2. The quantitative estimate of drug-likeness (QED) is 0.245. The van der Waals surface area contributed by atoms with Gasteiger partial charge >= 0.3 is 0 Å². The number of amides is 1. The predicted molar refractivity (Wildman–Crippen MR) is 145 cm³/mol. The lowest BCUT2D eigenvalue weighted by atomic mass is 10.2. The van der Waals surface area contributed by atoms with Gasteiger partial charge in [0, 0.05) is 16.3 Å². The Morgan fingerprint density at radius 1 is 0.865 bits per heavy atom. The van der Waals surface area contributed by atoms with Gasteiger partial charge in [0.15, 0.2) is 0 Å². The van der Waals surface area contributed by atoms with Crippen molar-refractivity contribution in [3.63, 3.8) is 0 Å². The number of benzene rings is 4. The number of halogens is 1. The molecule has 0 spiro atoms. The first-order valence-electron chi connectivity index (χ1n) is 11.5. The molecule has 0 saturated carbocycles. The zero-order valence-electron chi connectivity index (χ0n) is 20.0. The first-order valence-corrected chi connectivity index (χ1v) is 13.3. The number of rotatable bonds is 10. The number of ether oxygens (including phenoxy) is 2. The minimum atomic E-state index is -3.96. The molecule has 9 heteroatoms. The molecule has 0 aliphatic carbocycles. The molecule has 0 aliphatic rings. The maximum Gasteiger partial charge on any atom is 0.261 e. The molecule has 7 nitrogen and oxygen atoms in total. The standard InChI is InChI=1S/C28H25ClN2O5S/c1-2-35-27-16-15-25(18-26(27)30-28(32)21-9-6-10-22(29)17-21)37(33,34)31-23-11-13-24(14-12-23)36-19-20-7-4-3-5-8-20/h3-18,31H,2,19H2,1H3,(H,30,32). The molecule has 4 aromatic carbocycles. The van der Waals surface area contributed by atoms with Crippen LogP contribution >= 0.6 is 11.6 Å². The van der Waals surface area contributed by atoms with Gasteiger partial charge in [-0.1, -0.05) is 48.0 Å². The Kier molecular flexibility index (Phi) is 8.32. The van der Waals surface area contributed by atoms with Crippen molar-refractivity contribution in [2.45, 2.75) is 18.4 Å². The van der Waals surface area contributed by atoms with Crippen molar-refractivity contribution in [2.75, 3.05) is 16.6 Å². The Labute approximate surface area is 221 Å². The van der Waals surface area contributed by atoms with E-state index < -0.39 is 15.9 Å². The van der Waals surface area contributed by atoms with E-state index in [9.17, 15) is 13.2 Å². The smallest absolute Gasteiger partial charge is 0.261 e. The van der Waals surface area contributed by atoms with Crippen LogP contribution in [0, 0.1) is 0 Å². The number of carbonyl (C=O) groups excluding carboxylic acids is 1. The van der Waals surface area contributed by atoms with Crippen molar-refractivity contribution in [1.29, 1.82) is 0 Å². The van der Waals surface area contributed by atoms with Crippen molar-refractivity contribution >= 4 is 38.9 Å². The lowest BCUT2D eigenvalue weighted by Gasteiger charge is -2.15. The average molecular weight is 537 g/mol. The Balaban J connectivity index is 1.49. The first-order chi connectivity index (χ1) is 17.8. The van der Waals surface area contributed by atoms with Crippen LogP contribution < -0.4 is 19.5 Å². The van der Waals surface area contributed by atoms with Crippen LogP contribution in [0.15, 0.2) is 102 Å². The van der Waals surface area contributed by atoms with E-state index in [4.69, 9.17) is 21.1 Å². The van der Waals surface area contributed by atoms with Gasteiger partial charge in [0.1, 0.15) is 18.1 Å². The van der Waals surface area contributed by atoms with E-state index in [0.29, 0.717) is 41.0 Å². The molecule has 0 aromatic heterocycles. The van der Waals surface area contributed by atoms with Crippen LogP contribution in [0.25, 0.3) is 0 Å². The zero-order valence-corrected chi connectivity index (χ0v) is 21.6. The van der Waals surface area contributed by atoms with Gasteiger partial charge in [-0.3, -0.25) is 9.52 Å². The summed E-state index contributed by atoms with van der Waals surface area (Å²) in [4.78, 5) is 12.7. The molecule has 0 unspecified atom stereocenters. The fourth-order valence-electron chi connectivity index (χ4n) is 3.45. The highest BCUT2D eigenvalue weighted by Gasteiger charge is 2.19. The lowest BCUT2D eigenvalue weighted by Crippen LogP contribution is -2.16. The summed E-state index contributed by atoms with van der Waals surface area (Å²) in [5, 5.41) is 3.13. The second-order valence-corrected chi connectivity index (χ2v) is 10.1. The summed E-state index contributed by atoms with van der Waals surface area (Å²) in [6.07, 6.45) is 0. The summed E-state index contributed by atoms with van der Waals surface area (Å²) in [7, 11) is -3.96. The Morgan fingerprint density at radius 2 is 1.62 bits per heavy atom. The first kappa shape index (κ1) is 26.1. The summed E-state index contributed by atoms with van der Waals surface area (Å²) in [6, 6.07) is 27.1. The third-order valence-corrected chi connectivity index (χ3v) is 6.87. The van der Waals surface area contributed by atoms with E-state index in [0.717, 1.165) is 5.56 Å². The van der Waals surface area contributed by atoms with Crippen molar-refractivity contribution in [2.24, 2.45) is 0 Å². The molecule has 4 rings (SSSR count). The van der Waals surface area contributed by atoms with E-state index in [2.05, 4.69) is 10.0 Å². The molecule has 1 amide bonds. The van der Waals surface area contributed by atoms with E-state index >= 15 is 0 Å². The van der Waals surface area contributed by atoms with Crippen molar-refractivity contribution < 1.29 is 22.7 Å². The fraction of sp³-hybridized carbons (Fsp3) is 0.107. The average Bonchev–Trinajstić information content (AvgIpc) is 2.90. The molecular formula is C28H25ClN2O5S. The molecule has 0 radical (unpaired) electrons. The van der Waals surface area contributed by atoms with Crippen LogP contribution in [0.4, 0.5) is 11.4 Å². The summed E-state index contributed by atoms with van der Waals surface area (Å²) in [5.74, 6) is 0.507. The van der Waals surface area contributed by atoms with Gasteiger partial charge in [-0.2, -0.15) is 0 Å². The molecule has 0 bridgehead atoms. The predicted octanol–water partition coefficient (Wildman–Crippen LogP) is 6.37. The highest BCUT2D eigenvalue weighted by Crippen LogP contribution is 2.30. The molecule has 37 heavy (non-hydrogen) atoms. The van der Waals surface area contributed by atoms with Gasteiger partial charge in [0.2, 0.25) is 0 Å². The molecule has 0 aliphatic heterocycles. The molecule has 2 N–H and O–H groups in total. The maximum absolute atomic E-state index is 13.1. The fourth-order valence-corrected chi connectivity index (χ4v) is 4.73. The van der Waals surface area contributed by atoms with Crippen LogP contribution in [-0.2, 0) is 16.6 Å². The molecule has 0 fully saturated rings. The summed E-state index contributed by atoms with van der Waals surface area (Å²) in [6.45, 7) is 2.53. The second kappa shape index (κ2) is 11.8. The third-order valence-electron chi connectivity index (χ3n) is 5.25. The van der Waals surface area contributed by atoms with E-state index in [1.165, 1.54) is 24.3 Å². The minimum absolute atomic E-state index is 0.0400. The lowest BCUT2D eigenvalue weighted by molar-refractivity contribution is 0.102. The van der Waals surface area contributed by atoms with Crippen LogP contribution in [0.1, 0.15) is 22.8 Å². The Hall–Kier alpha value is -4.01. The van der Waals surface area contributed by atoms with Gasteiger partial charge in [-0.25, -0.2) is 8.42 Å². The zero-order chi connectivity index (χ0) is 26.3. The highest BCUT2D eigenvalue weighted by atomic mass is 35.5. The SMILES string of the molecule is CCOc1ccc(S(=O)(=O)Nc2ccc(OCc3ccccc3)cc2)cc1NC(=O)c1cccc(Cl)c1. The van der Waals surface area contributed by atoms with Gasteiger partial charge in [0.25, 0.3) is 15.9 Å². The number of anilines is 2. The van der Waals surface area contributed by atoms with Gasteiger partial charge in [-0.05, 0) is 73.2 Å². The number of carbonyl (C=O) groups is 1. The van der Waals surface area contributed by atoms with Gasteiger partial charge in [0.05, 0.1) is 17.2 Å². The van der Waals surface area contributed by atoms with Gasteiger partial charge in [-0.15, -0.1) is 0 Å². The molecular weight excluding hydrogens is 512 g/mol. The van der Waals surface area contributed by atoms with Crippen molar-refractivity contribution in [3.05, 3.63) is 113 Å². The number of sulfonamides is 1. The van der Waals surface area contributed by atoms with Crippen LogP contribution in [0.2, 0.25) is 5.02 Å².